The molecule has 2 heterocycles. The summed E-state index contributed by atoms with van der Waals surface area (Å²) in [6.45, 7) is 1.76. The first-order chi connectivity index (χ1) is 14.5. The molecule has 30 heavy (non-hydrogen) atoms. The molecule has 1 fully saturated rings. The number of carbonyl (C=O) groups is 3. The number of nitrogens with one attached hydrogen (secondary N) is 2. The minimum absolute atomic E-state index is 0.375. The molecule has 9 heteroatoms. The van der Waals surface area contributed by atoms with Crippen molar-refractivity contribution in [1.82, 2.24) is 25.0 Å². The Balaban J connectivity index is 1.43. The van der Waals surface area contributed by atoms with Crippen LogP contribution in [0.1, 0.15) is 18.1 Å². The van der Waals surface area contributed by atoms with Crippen LogP contribution in [-0.4, -0.2) is 44.1 Å². The van der Waals surface area contributed by atoms with Crippen molar-refractivity contribution in [2.45, 2.75) is 19.0 Å². The lowest BCUT2D eigenvalue weighted by Crippen LogP contribution is -2.42. The number of aromatic nitrogens is 3. The first kappa shape index (κ1) is 19.3. The zero-order valence-electron chi connectivity index (χ0n) is 16.3. The van der Waals surface area contributed by atoms with Crippen LogP contribution in [0.5, 0.6) is 0 Å². The van der Waals surface area contributed by atoms with Crippen molar-refractivity contribution in [3.8, 4) is 0 Å². The van der Waals surface area contributed by atoms with Gasteiger partial charge in [-0.15, -0.1) is 0 Å². The molecule has 1 aliphatic rings. The fourth-order valence-electron chi connectivity index (χ4n) is 3.40. The van der Waals surface area contributed by atoms with Crippen molar-refractivity contribution in [3.63, 3.8) is 0 Å². The van der Waals surface area contributed by atoms with Crippen LogP contribution >= 0.6 is 0 Å². The van der Waals surface area contributed by atoms with Crippen molar-refractivity contribution in [2.24, 2.45) is 0 Å². The van der Waals surface area contributed by atoms with Crippen LogP contribution in [0.3, 0.4) is 0 Å². The zero-order valence-corrected chi connectivity index (χ0v) is 16.3. The predicted molar refractivity (Wildman–Crippen MR) is 108 cm³/mol. The lowest BCUT2D eigenvalue weighted by atomic mass is 9.92. The molecule has 4 rings (SSSR count). The summed E-state index contributed by atoms with van der Waals surface area (Å²) in [4.78, 5) is 42.7. The number of amides is 4. The van der Waals surface area contributed by atoms with Crippen LogP contribution in [0, 0.1) is 0 Å². The molecule has 1 atom stereocenters. The van der Waals surface area contributed by atoms with Gasteiger partial charge in [0.2, 0.25) is 5.91 Å². The van der Waals surface area contributed by atoms with Gasteiger partial charge in [-0.25, -0.2) is 14.5 Å². The largest absolute Gasteiger partial charge is 0.325 e. The lowest BCUT2D eigenvalue weighted by Gasteiger charge is -2.22. The number of rotatable bonds is 6. The Morgan fingerprint density at radius 1 is 1.13 bits per heavy atom. The second kappa shape index (κ2) is 7.78. The third kappa shape index (κ3) is 3.77. The first-order valence-electron chi connectivity index (χ1n) is 9.36. The van der Waals surface area contributed by atoms with E-state index in [-0.39, 0.29) is 6.54 Å². The van der Waals surface area contributed by atoms with Gasteiger partial charge >= 0.3 is 6.03 Å². The van der Waals surface area contributed by atoms with E-state index in [9.17, 15) is 14.4 Å². The molecule has 1 aliphatic heterocycles. The summed E-state index contributed by atoms with van der Waals surface area (Å²) in [6.07, 6.45) is 3.06. The van der Waals surface area contributed by atoms with Gasteiger partial charge in [-0.05, 0) is 30.2 Å². The molecule has 2 aromatic carbocycles. The fourth-order valence-corrected chi connectivity index (χ4v) is 3.40. The molecule has 4 amide bonds. The Morgan fingerprint density at radius 3 is 2.67 bits per heavy atom. The van der Waals surface area contributed by atoms with E-state index < -0.39 is 23.4 Å². The molecule has 0 saturated carbocycles. The monoisotopic (exact) mass is 404 g/mol. The van der Waals surface area contributed by atoms with Gasteiger partial charge < -0.3 is 10.6 Å². The molecule has 3 aromatic rings. The van der Waals surface area contributed by atoms with Crippen molar-refractivity contribution >= 4 is 23.5 Å². The Hall–Kier alpha value is -4.01. The fraction of sp³-hybridized carbons (Fsp3) is 0.190. The highest BCUT2D eigenvalue weighted by Gasteiger charge is 2.49. The van der Waals surface area contributed by atoms with Crippen LogP contribution < -0.4 is 10.6 Å². The Bertz CT molecular complexity index is 1080. The Morgan fingerprint density at radius 2 is 1.93 bits per heavy atom. The minimum Gasteiger partial charge on any atom is -0.325 e. The molecule has 0 radical (unpaired) electrons. The van der Waals surface area contributed by atoms with Crippen LogP contribution in [0.15, 0.2) is 67.3 Å². The van der Waals surface area contributed by atoms with E-state index in [1.165, 1.54) is 6.33 Å². The number of anilines is 1. The maximum absolute atomic E-state index is 12.9. The topological polar surface area (TPSA) is 109 Å². The molecule has 2 N–H and O–H groups in total. The average molecular weight is 404 g/mol. The lowest BCUT2D eigenvalue weighted by molar-refractivity contribution is -0.133. The molecular weight excluding hydrogens is 384 g/mol. The van der Waals surface area contributed by atoms with Crippen molar-refractivity contribution in [1.29, 1.82) is 0 Å². The van der Waals surface area contributed by atoms with E-state index in [1.807, 2.05) is 18.2 Å². The molecule has 0 aliphatic carbocycles. The number of hydrogen-bond acceptors (Lipinski definition) is 5. The Kier molecular flexibility index (Phi) is 5.01. The molecule has 9 nitrogen and oxygen atoms in total. The van der Waals surface area contributed by atoms with Crippen molar-refractivity contribution in [3.05, 3.63) is 78.4 Å². The van der Waals surface area contributed by atoms with E-state index in [0.29, 0.717) is 17.8 Å². The Labute approximate surface area is 172 Å². The third-order valence-electron chi connectivity index (χ3n) is 4.95. The van der Waals surface area contributed by atoms with Crippen molar-refractivity contribution in [2.75, 3.05) is 11.9 Å². The van der Waals surface area contributed by atoms with Crippen LogP contribution in [-0.2, 0) is 21.7 Å². The minimum atomic E-state index is -1.20. The van der Waals surface area contributed by atoms with Crippen molar-refractivity contribution < 1.29 is 14.4 Å². The van der Waals surface area contributed by atoms with E-state index in [4.69, 9.17) is 0 Å². The molecule has 0 bridgehead atoms. The SMILES string of the molecule is C[C@@]1(c2ccccc2)NC(=O)N(CC(=O)Nc2cccc(Cn3cncn3)c2)C1=O. The molecule has 0 unspecified atom stereocenters. The number of carbonyl (C=O) groups excluding carboxylic acids is 3. The number of imide groups is 1. The van der Waals surface area contributed by atoms with Gasteiger partial charge in [0.25, 0.3) is 5.91 Å². The van der Waals surface area contributed by atoms with E-state index >= 15 is 0 Å². The maximum atomic E-state index is 12.9. The van der Waals surface area contributed by atoms with Gasteiger partial charge in [0.15, 0.2) is 0 Å². The van der Waals surface area contributed by atoms with E-state index in [0.717, 1.165) is 10.5 Å². The van der Waals surface area contributed by atoms with E-state index in [2.05, 4.69) is 20.7 Å². The average Bonchev–Trinajstić information content (AvgIpc) is 3.32. The standard InChI is InChI=1S/C21H20N6O3/c1-21(16-7-3-2-4-8-16)19(29)27(20(30)25-21)12-18(28)24-17-9-5-6-15(10-17)11-26-14-22-13-23-26/h2-10,13-14H,11-12H2,1H3,(H,24,28)(H,25,30)/t21-/m0/s1. The normalized spacial score (nSPS) is 18.4. The van der Waals surface area contributed by atoms with Gasteiger partial charge in [0.05, 0.1) is 6.54 Å². The van der Waals surface area contributed by atoms with Gasteiger partial charge in [-0.3, -0.25) is 14.5 Å². The number of nitrogens with zero attached hydrogens (tertiary/aromatic N) is 4. The summed E-state index contributed by atoms with van der Waals surface area (Å²) in [5.74, 6) is -0.928. The van der Waals surface area contributed by atoms with Gasteiger partial charge in [-0.1, -0.05) is 42.5 Å². The summed E-state index contributed by atoms with van der Waals surface area (Å²) in [5.41, 5.74) is 0.948. The number of hydrogen-bond donors (Lipinski definition) is 2. The molecule has 1 saturated heterocycles. The highest BCUT2D eigenvalue weighted by atomic mass is 16.2. The predicted octanol–water partition coefficient (Wildman–Crippen LogP) is 1.73. The zero-order chi connectivity index (χ0) is 21.1. The smallest absolute Gasteiger partial charge is 0.325 e. The van der Waals surface area contributed by atoms with Gasteiger partial charge in [0, 0.05) is 5.69 Å². The number of urea groups is 1. The second-order valence-corrected chi connectivity index (χ2v) is 7.15. The van der Waals surface area contributed by atoms with Gasteiger partial charge in [0.1, 0.15) is 24.7 Å². The van der Waals surface area contributed by atoms with E-state index in [1.54, 1.807) is 54.3 Å². The summed E-state index contributed by atoms with van der Waals surface area (Å²) >= 11 is 0. The molecular formula is C21H20N6O3. The van der Waals surface area contributed by atoms with Crippen LogP contribution in [0.4, 0.5) is 10.5 Å². The second-order valence-electron chi connectivity index (χ2n) is 7.15. The van der Waals surface area contributed by atoms with Gasteiger partial charge in [-0.2, -0.15) is 5.10 Å². The maximum Gasteiger partial charge on any atom is 0.325 e. The molecule has 1 aromatic heterocycles. The summed E-state index contributed by atoms with van der Waals surface area (Å²) in [5, 5.41) is 9.49. The quantitative estimate of drug-likeness (QED) is 0.608. The highest BCUT2D eigenvalue weighted by Crippen LogP contribution is 2.28. The molecule has 152 valence electrons. The molecule has 0 spiro atoms. The number of benzene rings is 2. The highest BCUT2D eigenvalue weighted by molar-refractivity contribution is 6.10. The van der Waals surface area contributed by atoms with Crippen LogP contribution in [0.25, 0.3) is 0 Å². The van der Waals surface area contributed by atoms with Crippen LogP contribution in [0.2, 0.25) is 0 Å². The first-order valence-corrected chi connectivity index (χ1v) is 9.36. The third-order valence-corrected chi connectivity index (χ3v) is 4.95. The summed E-state index contributed by atoms with van der Waals surface area (Å²) in [6, 6.07) is 15.6. The summed E-state index contributed by atoms with van der Waals surface area (Å²) < 4.78 is 1.67. The summed E-state index contributed by atoms with van der Waals surface area (Å²) in [7, 11) is 0.